The van der Waals surface area contributed by atoms with Gasteiger partial charge in [-0.3, -0.25) is 4.90 Å². The molecule has 104 valence electrons. The zero-order chi connectivity index (χ0) is 13.8. The summed E-state index contributed by atoms with van der Waals surface area (Å²) >= 11 is 0. The Labute approximate surface area is 119 Å². The zero-order valence-corrected chi connectivity index (χ0v) is 11.4. The van der Waals surface area contributed by atoms with Gasteiger partial charge in [0.1, 0.15) is 18.0 Å². The van der Waals surface area contributed by atoms with Gasteiger partial charge in [-0.1, -0.05) is 48.5 Å². The molecule has 0 spiro atoms. The normalized spacial score (nSPS) is 22.9. The molecule has 0 bridgehead atoms. The number of benzene rings is 2. The molecule has 0 aliphatic carbocycles. The number of ether oxygens (including phenoxy) is 1. The van der Waals surface area contributed by atoms with Crippen molar-refractivity contribution in [3.8, 4) is 5.75 Å². The average Bonchev–Trinajstić information content (AvgIpc) is 2.81. The highest BCUT2D eigenvalue weighted by atomic mass is 16.5. The molecule has 0 saturated carbocycles. The molecule has 1 saturated heterocycles. The highest BCUT2D eigenvalue weighted by molar-refractivity contribution is 5.22. The van der Waals surface area contributed by atoms with Crippen LogP contribution in [0.5, 0.6) is 5.75 Å². The monoisotopic (exact) mass is 269 g/mol. The second kappa shape index (κ2) is 6.07. The summed E-state index contributed by atoms with van der Waals surface area (Å²) in [7, 11) is 0. The Morgan fingerprint density at radius 3 is 2.30 bits per heavy atom. The molecule has 2 aromatic carbocycles. The fourth-order valence-electron chi connectivity index (χ4n) is 2.59. The summed E-state index contributed by atoms with van der Waals surface area (Å²) < 4.78 is 5.86. The predicted octanol–water partition coefficient (Wildman–Crippen LogP) is 2.31. The molecule has 0 aromatic heterocycles. The van der Waals surface area contributed by atoms with Crippen LogP contribution in [0.15, 0.2) is 60.7 Å². The second-order valence-corrected chi connectivity index (χ2v) is 5.22. The van der Waals surface area contributed by atoms with Crippen molar-refractivity contribution in [2.24, 2.45) is 0 Å². The number of nitrogens with zero attached hydrogens (tertiary/aromatic N) is 1. The standard InChI is InChI=1S/C17H19NO2/c19-16-12-18(11-14-7-3-1-4-8-14)13-17(16)20-15-9-5-2-6-10-15/h1-10,16-17,19H,11-13H2/t16-,17-/m0/s1. The maximum atomic E-state index is 10.1. The fourth-order valence-corrected chi connectivity index (χ4v) is 2.59. The van der Waals surface area contributed by atoms with Crippen molar-refractivity contribution in [1.29, 1.82) is 0 Å². The Bertz CT molecular complexity index is 529. The lowest BCUT2D eigenvalue weighted by Gasteiger charge is -2.17. The molecule has 0 radical (unpaired) electrons. The van der Waals surface area contributed by atoms with Crippen LogP contribution in [0.2, 0.25) is 0 Å². The molecule has 0 amide bonds. The van der Waals surface area contributed by atoms with E-state index in [9.17, 15) is 5.11 Å². The SMILES string of the molecule is O[C@H]1CN(Cc2ccccc2)C[C@@H]1Oc1ccccc1. The summed E-state index contributed by atoms with van der Waals surface area (Å²) in [5.41, 5.74) is 1.26. The van der Waals surface area contributed by atoms with Crippen molar-refractivity contribution in [3.05, 3.63) is 66.2 Å². The molecule has 3 heteroatoms. The lowest BCUT2D eigenvalue weighted by atomic mass is 10.2. The Balaban J connectivity index is 1.59. The number of rotatable bonds is 4. The zero-order valence-electron chi connectivity index (χ0n) is 11.4. The Morgan fingerprint density at radius 2 is 1.60 bits per heavy atom. The van der Waals surface area contributed by atoms with E-state index in [-0.39, 0.29) is 6.10 Å². The Kier molecular flexibility index (Phi) is 4.00. The molecule has 1 fully saturated rings. The Hall–Kier alpha value is -1.84. The third-order valence-electron chi connectivity index (χ3n) is 3.59. The molecular weight excluding hydrogens is 250 g/mol. The summed E-state index contributed by atoms with van der Waals surface area (Å²) in [6.07, 6.45) is -0.583. The summed E-state index contributed by atoms with van der Waals surface area (Å²) in [5, 5.41) is 10.1. The molecule has 1 heterocycles. The van der Waals surface area contributed by atoms with Gasteiger partial charge >= 0.3 is 0 Å². The van der Waals surface area contributed by atoms with Gasteiger partial charge in [0.15, 0.2) is 0 Å². The van der Waals surface area contributed by atoms with E-state index in [1.54, 1.807) is 0 Å². The number of hydrogen-bond acceptors (Lipinski definition) is 3. The van der Waals surface area contributed by atoms with Gasteiger partial charge in [-0.2, -0.15) is 0 Å². The highest BCUT2D eigenvalue weighted by Crippen LogP contribution is 2.20. The van der Waals surface area contributed by atoms with Crippen LogP contribution in [0, 0.1) is 0 Å². The van der Waals surface area contributed by atoms with Crippen LogP contribution in [-0.4, -0.2) is 35.3 Å². The summed E-state index contributed by atoms with van der Waals surface area (Å²) in [6.45, 7) is 2.27. The largest absolute Gasteiger partial charge is 0.486 e. The van der Waals surface area contributed by atoms with Crippen molar-refractivity contribution in [3.63, 3.8) is 0 Å². The highest BCUT2D eigenvalue weighted by Gasteiger charge is 2.32. The minimum Gasteiger partial charge on any atom is -0.486 e. The summed E-state index contributed by atoms with van der Waals surface area (Å²) in [5.74, 6) is 0.818. The first-order chi connectivity index (χ1) is 9.81. The lowest BCUT2D eigenvalue weighted by molar-refractivity contribution is 0.0737. The topological polar surface area (TPSA) is 32.7 Å². The second-order valence-electron chi connectivity index (χ2n) is 5.22. The van der Waals surface area contributed by atoms with E-state index in [0.717, 1.165) is 18.8 Å². The number of aliphatic hydroxyl groups is 1. The third-order valence-corrected chi connectivity index (χ3v) is 3.59. The van der Waals surface area contributed by atoms with Gasteiger partial charge < -0.3 is 9.84 Å². The van der Waals surface area contributed by atoms with Crippen molar-refractivity contribution in [2.75, 3.05) is 13.1 Å². The molecule has 1 N–H and O–H groups in total. The predicted molar refractivity (Wildman–Crippen MR) is 78.6 cm³/mol. The average molecular weight is 269 g/mol. The quantitative estimate of drug-likeness (QED) is 0.924. The first kappa shape index (κ1) is 13.2. The number of aliphatic hydroxyl groups excluding tert-OH is 1. The molecule has 20 heavy (non-hydrogen) atoms. The molecular formula is C17H19NO2. The molecule has 0 unspecified atom stereocenters. The molecule has 1 aliphatic heterocycles. The van der Waals surface area contributed by atoms with E-state index in [4.69, 9.17) is 4.74 Å². The van der Waals surface area contributed by atoms with E-state index in [0.29, 0.717) is 6.54 Å². The maximum absolute atomic E-state index is 10.1. The lowest BCUT2D eigenvalue weighted by Crippen LogP contribution is -2.29. The maximum Gasteiger partial charge on any atom is 0.138 e. The third kappa shape index (κ3) is 3.18. The van der Waals surface area contributed by atoms with Crippen LogP contribution < -0.4 is 4.74 Å². The van der Waals surface area contributed by atoms with Gasteiger partial charge in [0.2, 0.25) is 0 Å². The van der Waals surface area contributed by atoms with Crippen molar-refractivity contribution < 1.29 is 9.84 Å². The Morgan fingerprint density at radius 1 is 0.950 bits per heavy atom. The van der Waals surface area contributed by atoms with Crippen LogP contribution >= 0.6 is 0 Å². The smallest absolute Gasteiger partial charge is 0.138 e. The van der Waals surface area contributed by atoms with Gasteiger partial charge in [0, 0.05) is 19.6 Å². The van der Waals surface area contributed by atoms with E-state index >= 15 is 0 Å². The van der Waals surface area contributed by atoms with Gasteiger partial charge in [-0.15, -0.1) is 0 Å². The molecule has 2 atom stereocenters. The summed E-state index contributed by atoms with van der Waals surface area (Å²) in [6, 6.07) is 20.0. The van der Waals surface area contributed by atoms with Crippen LogP contribution in [0.25, 0.3) is 0 Å². The van der Waals surface area contributed by atoms with Crippen LogP contribution in [0.1, 0.15) is 5.56 Å². The van der Waals surface area contributed by atoms with E-state index in [1.165, 1.54) is 5.56 Å². The molecule has 1 aliphatic rings. The van der Waals surface area contributed by atoms with Gasteiger partial charge in [0.25, 0.3) is 0 Å². The number of para-hydroxylation sites is 1. The molecule has 3 nitrogen and oxygen atoms in total. The first-order valence-electron chi connectivity index (χ1n) is 6.97. The van der Waals surface area contributed by atoms with Crippen molar-refractivity contribution in [1.82, 2.24) is 4.90 Å². The number of β-amino-alcohol motifs (C(OH)–C–C–N with tert-alkyl or cyclic N) is 1. The molecule has 3 rings (SSSR count). The first-order valence-corrected chi connectivity index (χ1v) is 6.97. The minimum absolute atomic E-state index is 0.152. The van der Waals surface area contributed by atoms with Gasteiger partial charge in [-0.05, 0) is 17.7 Å². The van der Waals surface area contributed by atoms with Crippen molar-refractivity contribution >= 4 is 0 Å². The van der Waals surface area contributed by atoms with Crippen LogP contribution in [-0.2, 0) is 6.54 Å². The van der Waals surface area contributed by atoms with Gasteiger partial charge in [-0.25, -0.2) is 0 Å². The number of hydrogen-bond donors (Lipinski definition) is 1. The minimum atomic E-state index is -0.432. The fraction of sp³-hybridized carbons (Fsp3) is 0.294. The summed E-state index contributed by atoms with van der Waals surface area (Å²) in [4.78, 5) is 2.23. The van der Waals surface area contributed by atoms with E-state index in [2.05, 4.69) is 17.0 Å². The molecule has 2 aromatic rings. The van der Waals surface area contributed by atoms with Gasteiger partial charge in [0.05, 0.1) is 0 Å². The van der Waals surface area contributed by atoms with Crippen LogP contribution in [0.4, 0.5) is 0 Å². The van der Waals surface area contributed by atoms with E-state index < -0.39 is 6.10 Å². The number of likely N-dealkylation sites (tertiary alicyclic amines) is 1. The van der Waals surface area contributed by atoms with E-state index in [1.807, 2.05) is 48.5 Å². The van der Waals surface area contributed by atoms with Crippen molar-refractivity contribution in [2.45, 2.75) is 18.8 Å². The van der Waals surface area contributed by atoms with Crippen LogP contribution in [0.3, 0.4) is 0 Å².